The number of nitrogens with zero attached hydrogens (tertiary/aromatic N) is 5. The molecular formula is C23H20N8O2. The summed E-state index contributed by atoms with van der Waals surface area (Å²) in [6, 6.07) is 25.5. The van der Waals surface area contributed by atoms with Crippen LogP contribution in [-0.4, -0.2) is 26.1 Å². The van der Waals surface area contributed by atoms with Gasteiger partial charge in [0.05, 0.1) is 11.1 Å². The maximum Gasteiger partial charge on any atom is 0.270 e. The maximum absolute atomic E-state index is 10.9. The van der Waals surface area contributed by atoms with Crippen molar-refractivity contribution in [2.45, 2.75) is 6.54 Å². The molecular weight excluding hydrogens is 420 g/mol. The van der Waals surface area contributed by atoms with Crippen LogP contribution >= 0.6 is 0 Å². The summed E-state index contributed by atoms with van der Waals surface area (Å²) in [6.45, 7) is 0.534. The average molecular weight is 440 g/mol. The standard InChI is InChI=1S/C23H20N8O2/c32-31(33)20-13-7-10-18(14-20)16-25-30-23-28-21(24-15-17-8-3-1-4-9-17)27-22(29-23)26-19-11-5-2-6-12-19/h1-14,16H,15H2,(H3,24,26,27,28,29,30). The number of hydrazone groups is 1. The molecule has 0 saturated heterocycles. The smallest absolute Gasteiger partial charge is 0.270 e. The van der Waals surface area contributed by atoms with E-state index in [1.165, 1.54) is 18.3 Å². The first-order valence-corrected chi connectivity index (χ1v) is 10.1. The summed E-state index contributed by atoms with van der Waals surface area (Å²) < 4.78 is 0. The van der Waals surface area contributed by atoms with Crippen LogP contribution in [0, 0.1) is 10.1 Å². The van der Waals surface area contributed by atoms with Gasteiger partial charge in [-0.25, -0.2) is 5.43 Å². The predicted octanol–water partition coefficient (Wildman–Crippen LogP) is 4.58. The molecule has 3 aromatic carbocycles. The molecule has 0 radical (unpaired) electrons. The van der Waals surface area contributed by atoms with Crippen LogP contribution in [0.2, 0.25) is 0 Å². The Morgan fingerprint density at radius 1 is 0.848 bits per heavy atom. The number of aromatic nitrogens is 3. The van der Waals surface area contributed by atoms with Gasteiger partial charge in [0.15, 0.2) is 0 Å². The highest BCUT2D eigenvalue weighted by Crippen LogP contribution is 2.16. The van der Waals surface area contributed by atoms with E-state index in [0.717, 1.165) is 11.3 Å². The zero-order valence-corrected chi connectivity index (χ0v) is 17.4. The van der Waals surface area contributed by atoms with Crippen LogP contribution in [0.5, 0.6) is 0 Å². The lowest BCUT2D eigenvalue weighted by Gasteiger charge is -2.10. The molecule has 164 valence electrons. The second-order valence-electron chi connectivity index (χ2n) is 6.86. The van der Waals surface area contributed by atoms with Gasteiger partial charge in [-0.1, -0.05) is 60.7 Å². The van der Waals surface area contributed by atoms with Crippen LogP contribution in [0.4, 0.5) is 29.2 Å². The number of hydrogen-bond acceptors (Lipinski definition) is 9. The summed E-state index contributed by atoms with van der Waals surface area (Å²) in [6.07, 6.45) is 1.46. The highest BCUT2D eigenvalue weighted by atomic mass is 16.6. The van der Waals surface area contributed by atoms with Gasteiger partial charge < -0.3 is 10.6 Å². The molecule has 0 aliphatic heterocycles. The molecule has 0 amide bonds. The summed E-state index contributed by atoms with van der Waals surface area (Å²) in [5, 5.41) is 21.4. The third-order valence-electron chi connectivity index (χ3n) is 4.42. The van der Waals surface area contributed by atoms with E-state index in [2.05, 4.69) is 36.1 Å². The number of hydrogen-bond donors (Lipinski definition) is 3. The minimum atomic E-state index is -0.455. The third kappa shape index (κ3) is 6.31. The van der Waals surface area contributed by atoms with Crippen molar-refractivity contribution in [1.82, 2.24) is 15.0 Å². The van der Waals surface area contributed by atoms with E-state index < -0.39 is 4.92 Å². The molecule has 3 N–H and O–H groups in total. The molecule has 1 heterocycles. The molecule has 4 rings (SSSR count). The Kier molecular flexibility index (Phi) is 6.76. The van der Waals surface area contributed by atoms with Crippen molar-refractivity contribution < 1.29 is 4.92 Å². The molecule has 0 saturated carbocycles. The number of rotatable bonds is 9. The Morgan fingerprint density at radius 3 is 2.30 bits per heavy atom. The Labute approximate surface area is 189 Å². The minimum absolute atomic E-state index is 0.0131. The fraction of sp³-hybridized carbons (Fsp3) is 0.0435. The first-order chi connectivity index (χ1) is 16.2. The van der Waals surface area contributed by atoms with Gasteiger partial charge in [-0.2, -0.15) is 20.1 Å². The van der Waals surface area contributed by atoms with Gasteiger partial charge in [0.25, 0.3) is 5.69 Å². The minimum Gasteiger partial charge on any atom is -0.350 e. The number of non-ortho nitro benzene ring substituents is 1. The number of nitro benzene ring substituents is 1. The summed E-state index contributed by atoms with van der Waals surface area (Å²) in [4.78, 5) is 23.6. The van der Waals surface area contributed by atoms with Crippen LogP contribution in [0.3, 0.4) is 0 Å². The number of para-hydroxylation sites is 1. The van der Waals surface area contributed by atoms with Crippen LogP contribution in [0.25, 0.3) is 0 Å². The quantitative estimate of drug-likeness (QED) is 0.196. The Balaban J connectivity index is 1.52. The number of benzene rings is 3. The van der Waals surface area contributed by atoms with Crippen molar-refractivity contribution in [2.24, 2.45) is 5.10 Å². The molecule has 0 atom stereocenters. The topological polar surface area (TPSA) is 130 Å². The molecule has 10 heteroatoms. The molecule has 4 aromatic rings. The fourth-order valence-corrected chi connectivity index (χ4v) is 2.87. The normalized spacial score (nSPS) is 10.7. The molecule has 0 aliphatic carbocycles. The molecule has 10 nitrogen and oxygen atoms in total. The Hall–Kier alpha value is -4.86. The van der Waals surface area contributed by atoms with Crippen molar-refractivity contribution >= 4 is 35.4 Å². The third-order valence-corrected chi connectivity index (χ3v) is 4.42. The summed E-state index contributed by atoms with van der Waals surface area (Å²) in [7, 11) is 0. The highest BCUT2D eigenvalue weighted by Gasteiger charge is 2.08. The summed E-state index contributed by atoms with van der Waals surface area (Å²) in [5.74, 6) is 0.904. The molecule has 0 bridgehead atoms. The van der Waals surface area contributed by atoms with E-state index in [1.54, 1.807) is 12.1 Å². The van der Waals surface area contributed by atoms with Gasteiger partial charge in [0, 0.05) is 29.9 Å². The second kappa shape index (κ2) is 10.4. The zero-order valence-electron chi connectivity index (χ0n) is 17.4. The number of nitrogens with one attached hydrogen (secondary N) is 3. The predicted molar refractivity (Wildman–Crippen MR) is 128 cm³/mol. The van der Waals surface area contributed by atoms with Crippen LogP contribution < -0.4 is 16.1 Å². The zero-order chi connectivity index (χ0) is 22.9. The van der Waals surface area contributed by atoms with Crippen LogP contribution in [0.1, 0.15) is 11.1 Å². The summed E-state index contributed by atoms with van der Waals surface area (Å²) >= 11 is 0. The van der Waals surface area contributed by atoms with E-state index in [-0.39, 0.29) is 11.6 Å². The number of anilines is 4. The number of nitro groups is 1. The molecule has 1 aromatic heterocycles. The first kappa shape index (κ1) is 21.4. The molecule has 0 aliphatic rings. The highest BCUT2D eigenvalue weighted by molar-refractivity contribution is 5.81. The van der Waals surface area contributed by atoms with E-state index in [4.69, 9.17) is 0 Å². The van der Waals surface area contributed by atoms with Gasteiger partial charge in [-0.05, 0) is 17.7 Å². The fourth-order valence-electron chi connectivity index (χ4n) is 2.87. The van der Waals surface area contributed by atoms with Gasteiger partial charge in [-0.3, -0.25) is 10.1 Å². The lowest BCUT2D eigenvalue weighted by atomic mass is 10.2. The van der Waals surface area contributed by atoms with Crippen molar-refractivity contribution in [3.05, 3.63) is 106 Å². The van der Waals surface area contributed by atoms with Gasteiger partial charge in [0.1, 0.15) is 0 Å². The Bertz CT molecular complexity index is 1250. The van der Waals surface area contributed by atoms with Crippen molar-refractivity contribution in [3.63, 3.8) is 0 Å². The second-order valence-corrected chi connectivity index (χ2v) is 6.86. The largest absolute Gasteiger partial charge is 0.350 e. The van der Waals surface area contributed by atoms with Crippen molar-refractivity contribution in [2.75, 3.05) is 16.1 Å². The maximum atomic E-state index is 10.9. The van der Waals surface area contributed by atoms with Gasteiger partial charge >= 0.3 is 0 Å². The average Bonchev–Trinajstić information content (AvgIpc) is 2.84. The lowest BCUT2D eigenvalue weighted by molar-refractivity contribution is -0.384. The SMILES string of the molecule is O=[N+]([O-])c1cccc(C=NNc2nc(NCc3ccccc3)nc(Nc3ccccc3)n2)c1. The molecule has 0 unspecified atom stereocenters. The summed E-state index contributed by atoms with van der Waals surface area (Å²) in [5.41, 5.74) is 5.22. The van der Waals surface area contributed by atoms with Crippen LogP contribution in [0.15, 0.2) is 90.0 Å². The monoisotopic (exact) mass is 440 g/mol. The molecule has 0 spiro atoms. The van der Waals surface area contributed by atoms with E-state index in [9.17, 15) is 10.1 Å². The van der Waals surface area contributed by atoms with E-state index in [0.29, 0.717) is 24.0 Å². The van der Waals surface area contributed by atoms with Crippen molar-refractivity contribution in [1.29, 1.82) is 0 Å². The van der Waals surface area contributed by atoms with E-state index in [1.807, 2.05) is 60.7 Å². The lowest BCUT2D eigenvalue weighted by Crippen LogP contribution is -2.09. The van der Waals surface area contributed by atoms with E-state index >= 15 is 0 Å². The Morgan fingerprint density at radius 2 is 1.55 bits per heavy atom. The molecule has 33 heavy (non-hydrogen) atoms. The van der Waals surface area contributed by atoms with Crippen LogP contribution in [-0.2, 0) is 6.54 Å². The molecule has 0 fully saturated rings. The van der Waals surface area contributed by atoms with Crippen molar-refractivity contribution in [3.8, 4) is 0 Å². The first-order valence-electron chi connectivity index (χ1n) is 10.1. The van der Waals surface area contributed by atoms with Gasteiger partial charge in [-0.15, -0.1) is 0 Å². The van der Waals surface area contributed by atoms with Gasteiger partial charge in [0.2, 0.25) is 17.8 Å².